The van der Waals surface area contributed by atoms with Gasteiger partial charge in [0, 0.05) is 17.0 Å². The molecule has 35 heavy (non-hydrogen) atoms. The molecule has 2 N–H and O–H groups in total. The van der Waals surface area contributed by atoms with Crippen molar-refractivity contribution < 1.29 is 30.8 Å². The van der Waals surface area contributed by atoms with Gasteiger partial charge in [-0.25, -0.2) is 18.4 Å². The Morgan fingerprint density at radius 2 is 1.77 bits per heavy atom. The number of carbonyl (C=O) groups excluding carboxylic acids is 1. The number of hydrogen-bond donors (Lipinski definition) is 2. The van der Waals surface area contributed by atoms with Crippen molar-refractivity contribution in [2.24, 2.45) is 0 Å². The summed E-state index contributed by atoms with van der Waals surface area (Å²) in [6.45, 7) is 1.33. The monoisotopic (exact) mass is 504 g/mol. The standard InChI is InChI=1S/C23H19F3N4O4S/c1-14(30-35(32,33)21-10-16-4-2-3-5-20(16)34-21)22(31)27-12-18-11-19(29-13-28-18)15-6-8-17(9-7-15)23(24,25)26/h2-11,13-14,30H,12H2,1H3,(H,27,31)/t14-/m0/s1. The van der Waals surface area contributed by atoms with Crippen molar-refractivity contribution in [3.8, 4) is 11.3 Å². The highest BCUT2D eigenvalue weighted by atomic mass is 32.2. The Morgan fingerprint density at radius 1 is 1.06 bits per heavy atom. The molecule has 0 aliphatic rings. The molecule has 0 spiro atoms. The first kappa shape index (κ1) is 24.4. The first-order valence-corrected chi connectivity index (χ1v) is 11.8. The van der Waals surface area contributed by atoms with E-state index in [0.717, 1.165) is 12.1 Å². The number of benzene rings is 2. The van der Waals surface area contributed by atoms with Gasteiger partial charge in [-0.1, -0.05) is 30.3 Å². The van der Waals surface area contributed by atoms with Crippen molar-refractivity contribution in [3.63, 3.8) is 0 Å². The van der Waals surface area contributed by atoms with Crippen LogP contribution in [-0.4, -0.2) is 30.3 Å². The summed E-state index contributed by atoms with van der Waals surface area (Å²) in [7, 11) is -4.09. The Morgan fingerprint density at radius 3 is 2.46 bits per heavy atom. The van der Waals surface area contributed by atoms with E-state index in [9.17, 15) is 26.4 Å². The molecule has 0 unspecified atom stereocenters. The number of aromatic nitrogens is 2. The summed E-state index contributed by atoms with van der Waals surface area (Å²) in [5, 5.41) is 2.87. The van der Waals surface area contributed by atoms with E-state index in [4.69, 9.17) is 4.42 Å². The van der Waals surface area contributed by atoms with Crippen LogP contribution in [0.5, 0.6) is 0 Å². The van der Waals surface area contributed by atoms with Gasteiger partial charge in [0.1, 0.15) is 11.9 Å². The maximum atomic E-state index is 12.8. The summed E-state index contributed by atoms with van der Waals surface area (Å²) >= 11 is 0. The first-order chi connectivity index (χ1) is 16.5. The molecule has 0 saturated carbocycles. The summed E-state index contributed by atoms with van der Waals surface area (Å²) < 4.78 is 71.1. The third-order valence-corrected chi connectivity index (χ3v) is 6.46. The van der Waals surface area contributed by atoms with E-state index in [1.165, 1.54) is 37.5 Å². The van der Waals surface area contributed by atoms with Gasteiger partial charge in [0.2, 0.25) is 11.0 Å². The summed E-state index contributed by atoms with van der Waals surface area (Å²) in [5.74, 6) is -0.612. The highest BCUT2D eigenvalue weighted by Crippen LogP contribution is 2.30. The number of halogens is 3. The number of nitrogens with zero attached hydrogens (tertiary/aromatic N) is 2. The fourth-order valence-electron chi connectivity index (χ4n) is 3.25. The molecular formula is C23H19F3N4O4S. The van der Waals surface area contributed by atoms with Crippen LogP contribution in [-0.2, 0) is 27.5 Å². The van der Waals surface area contributed by atoms with Gasteiger partial charge in [0.15, 0.2) is 0 Å². The first-order valence-electron chi connectivity index (χ1n) is 10.3. The Balaban J connectivity index is 1.39. The summed E-state index contributed by atoms with van der Waals surface area (Å²) in [4.78, 5) is 20.6. The topological polar surface area (TPSA) is 114 Å². The van der Waals surface area contributed by atoms with Crippen molar-refractivity contribution >= 4 is 26.9 Å². The van der Waals surface area contributed by atoms with Crippen molar-refractivity contribution in [2.75, 3.05) is 0 Å². The zero-order chi connectivity index (χ0) is 25.2. The molecule has 8 nitrogen and oxygen atoms in total. The van der Waals surface area contributed by atoms with E-state index in [2.05, 4.69) is 20.0 Å². The van der Waals surface area contributed by atoms with Crippen LogP contribution in [0.15, 0.2) is 76.5 Å². The average molecular weight is 504 g/mol. The molecule has 12 heteroatoms. The number of rotatable bonds is 7. The van der Waals surface area contributed by atoms with Crippen LogP contribution >= 0.6 is 0 Å². The number of carbonyl (C=O) groups is 1. The van der Waals surface area contributed by atoms with Crippen LogP contribution in [0.1, 0.15) is 18.2 Å². The summed E-state index contributed by atoms with van der Waals surface area (Å²) in [6, 6.07) is 13.0. The minimum absolute atomic E-state index is 0.0499. The second kappa shape index (κ2) is 9.47. The molecule has 182 valence electrons. The summed E-state index contributed by atoms with van der Waals surface area (Å²) in [5.41, 5.74) is 0.826. The molecule has 2 heterocycles. The Kier molecular flexibility index (Phi) is 6.59. The number of hydrogen-bond acceptors (Lipinski definition) is 6. The molecule has 0 aliphatic carbocycles. The molecule has 1 amide bonds. The fraction of sp³-hybridized carbons (Fsp3) is 0.174. The maximum absolute atomic E-state index is 12.8. The van der Waals surface area contributed by atoms with Crippen molar-refractivity contribution in [2.45, 2.75) is 30.8 Å². The number of nitrogens with one attached hydrogen (secondary N) is 2. The van der Waals surface area contributed by atoms with Crippen LogP contribution < -0.4 is 10.0 Å². The molecule has 4 aromatic rings. The van der Waals surface area contributed by atoms with Crippen LogP contribution in [0.3, 0.4) is 0 Å². The lowest BCUT2D eigenvalue weighted by Crippen LogP contribution is -2.44. The average Bonchev–Trinajstić information content (AvgIpc) is 3.27. The Hall–Kier alpha value is -3.77. The minimum Gasteiger partial charge on any atom is -0.443 e. The number of furan rings is 1. The van der Waals surface area contributed by atoms with E-state index < -0.39 is 33.7 Å². The van der Waals surface area contributed by atoms with Gasteiger partial charge in [0.05, 0.1) is 29.5 Å². The maximum Gasteiger partial charge on any atom is 0.416 e. The number of alkyl halides is 3. The fourth-order valence-corrected chi connectivity index (χ4v) is 4.42. The Bertz CT molecular complexity index is 1440. The van der Waals surface area contributed by atoms with Gasteiger partial charge in [-0.3, -0.25) is 4.79 Å². The third-order valence-electron chi connectivity index (χ3n) is 5.07. The molecule has 0 bridgehead atoms. The van der Waals surface area contributed by atoms with Gasteiger partial charge in [-0.05, 0) is 31.2 Å². The van der Waals surface area contributed by atoms with E-state index in [-0.39, 0.29) is 11.6 Å². The molecular weight excluding hydrogens is 485 g/mol. The van der Waals surface area contributed by atoms with Crippen molar-refractivity contribution in [3.05, 3.63) is 78.2 Å². The van der Waals surface area contributed by atoms with Gasteiger partial charge in [-0.2, -0.15) is 17.9 Å². The second-order valence-corrected chi connectivity index (χ2v) is 9.28. The van der Waals surface area contributed by atoms with Crippen molar-refractivity contribution in [1.29, 1.82) is 0 Å². The van der Waals surface area contributed by atoms with Crippen molar-refractivity contribution in [1.82, 2.24) is 20.0 Å². The highest BCUT2D eigenvalue weighted by molar-refractivity contribution is 7.89. The number of fused-ring (bicyclic) bond motifs is 1. The minimum atomic E-state index is -4.44. The normalized spacial score (nSPS) is 13.0. The van der Waals surface area contributed by atoms with Crippen LogP contribution in [0, 0.1) is 0 Å². The molecule has 4 rings (SSSR count). The zero-order valence-electron chi connectivity index (χ0n) is 18.2. The SMILES string of the molecule is C[C@H](NS(=O)(=O)c1cc2ccccc2o1)C(=O)NCc1cc(-c2ccc(C(F)(F)F)cc2)ncn1. The smallest absolute Gasteiger partial charge is 0.416 e. The molecule has 1 atom stereocenters. The quantitative estimate of drug-likeness (QED) is 0.395. The van der Waals surface area contributed by atoms with Gasteiger partial charge in [0.25, 0.3) is 10.0 Å². The van der Waals surface area contributed by atoms with E-state index in [1.807, 2.05) is 0 Å². The predicted octanol–water partition coefficient (Wildman–Crippen LogP) is 3.89. The second-order valence-electron chi connectivity index (χ2n) is 7.63. The van der Waals surface area contributed by atoms with E-state index >= 15 is 0 Å². The van der Waals surface area contributed by atoms with Gasteiger partial charge in [-0.15, -0.1) is 0 Å². The van der Waals surface area contributed by atoms with E-state index in [0.29, 0.717) is 27.9 Å². The number of amides is 1. The predicted molar refractivity (Wildman–Crippen MR) is 120 cm³/mol. The zero-order valence-corrected chi connectivity index (χ0v) is 19.0. The Labute approximate surface area is 198 Å². The van der Waals surface area contributed by atoms with E-state index in [1.54, 1.807) is 24.3 Å². The number of para-hydroxylation sites is 1. The third kappa shape index (κ3) is 5.66. The van der Waals surface area contributed by atoms with Crippen LogP contribution in [0.4, 0.5) is 13.2 Å². The molecule has 2 aromatic heterocycles. The lowest BCUT2D eigenvalue weighted by molar-refractivity contribution is -0.137. The van der Waals surface area contributed by atoms with Gasteiger partial charge >= 0.3 is 6.18 Å². The highest BCUT2D eigenvalue weighted by Gasteiger charge is 2.30. The largest absolute Gasteiger partial charge is 0.443 e. The summed E-state index contributed by atoms with van der Waals surface area (Å²) in [6.07, 6.45) is -3.22. The van der Waals surface area contributed by atoms with Crippen LogP contribution in [0.25, 0.3) is 22.2 Å². The lowest BCUT2D eigenvalue weighted by Gasteiger charge is -2.13. The lowest BCUT2D eigenvalue weighted by atomic mass is 10.1. The molecule has 0 saturated heterocycles. The van der Waals surface area contributed by atoms with Gasteiger partial charge < -0.3 is 9.73 Å². The molecule has 0 fully saturated rings. The molecule has 2 aromatic carbocycles. The van der Waals surface area contributed by atoms with Crippen LogP contribution in [0.2, 0.25) is 0 Å². The molecule has 0 radical (unpaired) electrons. The number of sulfonamides is 1. The molecule has 0 aliphatic heterocycles.